The van der Waals surface area contributed by atoms with Crippen molar-refractivity contribution < 1.29 is 4.42 Å². The number of hydrogen-bond donors (Lipinski definition) is 1. The van der Waals surface area contributed by atoms with Gasteiger partial charge in [0.1, 0.15) is 11.5 Å². The number of nitrogens with zero attached hydrogens (tertiary/aromatic N) is 1. The van der Waals surface area contributed by atoms with Gasteiger partial charge in [-0.15, -0.1) is 0 Å². The molecule has 2 aromatic rings. The molecule has 3 heteroatoms. The minimum absolute atomic E-state index is 0.810. The molecule has 2 rings (SSSR count). The lowest BCUT2D eigenvalue weighted by atomic mass is 10.1. The van der Waals surface area contributed by atoms with Crippen molar-refractivity contribution in [2.24, 2.45) is 0 Å². The SMILES string of the molecule is CCNCc1ccc(CN(C)CCc2ccccc2)o1. The van der Waals surface area contributed by atoms with Gasteiger partial charge in [0.15, 0.2) is 0 Å². The Morgan fingerprint density at radius 3 is 2.55 bits per heavy atom. The van der Waals surface area contributed by atoms with E-state index in [1.54, 1.807) is 0 Å². The van der Waals surface area contributed by atoms with Gasteiger partial charge in [0, 0.05) is 6.54 Å². The van der Waals surface area contributed by atoms with Crippen molar-refractivity contribution >= 4 is 0 Å². The maximum absolute atomic E-state index is 5.80. The molecule has 0 atom stereocenters. The Labute approximate surface area is 121 Å². The van der Waals surface area contributed by atoms with Gasteiger partial charge in [-0.1, -0.05) is 37.3 Å². The average molecular weight is 272 g/mol. The number of benzene rings is 1. The molecule has 0 saturated carbocycles. The summed E-state index contributed by atoms with van der Waals surface area (Å²) in [6.45, 7) is 5.77. The molecular formula is C17H24N2O. The summed E-state index contributed by atoms with van der Waals surface area (Å²) < 4.78 is 5.80. The number of likely N-dealkylation sites (N-methyl/N-ethyl adjacent to an activating group) is 1. The van der Waals surface area contributed by atoms with Crippen LogP contribution in [0.3, 0.4) is 0 Å². The van der Waals surface area contributed by atoms with E-state index in [2.05, 4.69) is 66.7 Å². The third-order valence-electron chi connectivity index (χ3n) is 3.32. The molecule has 20 heavy (non-hydrogen) atoms. The third-order valence-corrected chi connectivity index (χ3v) is 3.32. The second-order valence-electron chi connectivity index (χ2n) is 5.12. The standard InChI is InChI=1S/C17H24N2O/c1-3-18-13-16-9-10-17(20-16)14-19(2)12-11-15-7-5-4-6-8-15/h4-10,18H,3,11-14H2,1-2H3. The van der Waals surface area contributed by atoms with Crippen molar-refractivity contribution in [3.63, 3.8) is 0 Å². The van der Waals surface area contributed by atoms with Crippen LogP contribution in [0.5, 0.6) is 0 Å². The Morgan fingerprint density at radius 2 is 1.80 bits per heavy atom. The van der Waals surface area contributed by atoms with Crippen molar-refractivity contribution in [3.05, 3.63) is 59.5 Å². The summed E-state index contributed by atoms with van der Waals surface area (Å²) >= 11 is 0. The Balaban J connectivity index is 1.76. The topological polar surface area (TPSA) is 28.4 Å². The maximum Gasteiger partial charge on any atom is 0.118 e. The molecule has 0 aliphatic rings. The number of furan rings is 1. The molecule has 1 aromatic carbocycles. The maximum atomic E-state index is 5.80. The van der Waals surface area contributed by atoms with Gasteiger partial charge in [-0.25, -0.2) is 0 Å². The first-order valence-corrected chi connectivity index (χ1v) is 7.28. The molecule has 1 heterocycles. The Hall–Kier alpha value is -1.58. The Bertz CT molecular complexity index is 493. The Kier molecular flexibility index (Phi) is 5.84. The first-order chi connectivity index (χ1) is 9.78. The number of rotatable bonds is 8. The molecule has 0 bridgehead atoms. The largest absolute Gasteiger partial charge is 0.463 e. The molecule has 1 N–H and O–H groups in total. The average Bonchev–Trinajstić information content (AvgIpc) is 2.91. The molecule has 1 aromatic heterocycles. The number of nitrogens with one attached hydrogen (secondary N) is 1. The Morgan fingerprint density at radius 1 is 1.05 bits per heavy atom. The van der Waals surface area contributed by atoms with Crippen molar-refractivity contribution in [2.45, 2.75) is 26.4 Å². The summed E-state index contributed by atoms with van der Waals surface area (Å²) in [4.78, 5) is 2.29. The zero-order chi connectivity index (χ0) is 14.2. The summed E-state index contributed by atoms with van der Waals surface area (Å²) in [5.41, 5.74) is 1.38. The van der Waals surface area contributed by atoms with Crippen LogP contribution in [0.2, 0.25) is 0 Å². The van der Waals surface area contributed by atoms with Gasteiger partial charge in [0.2, 0.25) is 0 Å². The minimum Gasteiger partial charge on any atom is -0.463 e. The van der Waals surface area contributed by atoms with Gasteiger partial charge >= 0.3 is 0 Å². The molecule has 0 aliphatic carbocycles. The highest BCUT2D eigenvalue weighted by atomic mass is 16.3. The van der Waals surface area contributed by atoms with Gasteiger partial charge in [-0.05, 0) is 37.7 Å². The van der Waals surface area contributed by atoms with Crippen LogP contribution in [-0.2, 0) is 19.5 Å². The summed E-state index contributed by atoms with van der Waals surface area (Å²) in [6, 6.07) is 14.7. The first kappa shape index (κ1) is 14.8. The van der Waals surface area contributed by atoms with Gasteiger partial charge in [0.05, 0.1) is 13.1 Å². The fraction of sp³-hybridized carbons (Fsp3) is 0.412. The van der Waals surface area contributed by atoms with E-state index >= 15 is 0 Å². The molecule has 0 saturated heterocycles. The van der Waals surface area contributed by atoms with E-state index in [9.17, 15) is 0 Å². The van der Waals surface area contributed by atoms with Crippen LogP contribution in [0.1, 0.15) is 24.0 Å². The molecule has 108 valence electrons. The molecule has 0 fully saturated rings. The molecular weight excluding hydrogens is 248 g/mol. The van der Waals surface area contributed by atoms with Crippen LogP contribution >= 0.6 is 0 Å². The molecule has 0 amide bonds. The van der Waals surface area contributed by atoms with Crippen molar-refractivity contribution in [1.82, 2.24) is 10.2 Å². The van der Waals surface area contributed by atoms with Crippen molar-refractivity contribution in [3.8, 4) is 0 Å². The summed E-state index contributed by atoms with van der Waals surface area (Å²) in [7, 11) is 2.13. The highest BCUT2D eigenvalue weighted by Crippen LogP contribution is 2.10. The molecule has 0 aliphatic heterocycles. The minimum atomic E-state index is 0.810. The lowest BCUT2D eigenvalue weighted by molar-refractivity contribution is 0.292. The van der Waals surface area contributed by atoms with Gasteiger partial charge in [-0.3, -0.25) is 4.90 Å². The zero-order valence-corrected chi connectivity index (χ0v) is 12.4. The normalized spacial score (nSPS) is 11.2. The number of hydrogen-bond acceptors (Lipinski definition) is 3. The molecule has 0 unspecified atom stereocenters. The predicted octanol–water partition coefficient (Wildman–Crippen LogP) is 3.06. The van der Waals surface area contributed by atoms with Crippen LogP contribution in [0.4, 0.5) is 0 Å². The fourth-order valence-corrected chi connectivity index (χ4v) is 2.16. The first-order valence-electron chi connectivity index (χ1n) is 7.28. The van der Waals surface area contributed by atoms with Crippen LogP contribution in [-0.4, -0.2) is 25.0 Å². The van der Waals surface area contributed by atoms with E-state index in [-0.39, 0.29) is 0 Å². The highest BCUT2D eigenvalue weighted by Gasteiger charge is 2.05. The second kappa shape index (κ2) is 7.88. The highest BCUT2D eigenvalue weighted by molar-refractivity contribution is 5.15. The van der Waals surface area contributed by atoms with E-state index < -0.39 is 0 Å². The summed E-state index contributed by atoms with van der Waals surface area (Å²) in [5, 5.41) is 3.27. The van der Waals surface area contributed by atoms with Crippen LogP contribution in [0.15, 0.2) is 46.9 Å². The van der Waals surface area contributed by atoms with E-state index in [1.807, 2.05) is 0 Å². The predicted molar refractivity (Wildman–Crippen MR) is 82.6 cm³/mol. The summed E-state index contributed by atoms with van der Waals surface area (Å²) in [5.74, 6) is 2.05. The lowest BCUT2D eigenvalue weighted by Gasteiger charge is -2.15. The van der Waals surface area contributed by atoms with Gasteiger partial charge < -0.3 is 9.73 Å². The van der Waals surface area contributed by atoms with E-state index in [0.717, 1.165) is 44.1 Å². The smallest absolute Gasteiger partial charge is 0.118 e. The lowest BCUT2D eigenvalue weighted by Crippen LogP contribution is -2.20. The van der Waals surface area contributed by atoms with Gasteiger partial charge in [0.25, 0.3) is 0 Å². The second-order valence-corrected chi connectivity index (χ2v) is 5.12. The summed E-state index contributed by atoms with van der Waals surface area (Å²) in [6.07, 6.45) is 1.07. The van der Waals surface area contributed by atoms with E-state index in [0.29, 0.717) is 0 Å². The third kappa shape index (κ3) is 4.83. The molecule has 3 nitrogen and oxygen atoms in total. The van der Waals surface area contributed by atoms with Crippen LogP contribution in [0, 0.1) is 0 Å². The van der Waals surface area contributed by atoms with Crippen LogP contribution < -0.4 is 5.32 Å². The molecule has 0 radical (unpaired) electrons. The van der Waals surface area contributed by atoms with E-state index in [4.69, 9.17) is 4.42 Å². The van der Waals surface area contributed by atoms with Crippen molar-refractivity contribution in [1.29, 1.82) is 0 Å². The van der Waals surface area contributed by atoms with Crippen molar-refractivity contribution in [2.75, 3.05) is 20.1 Å². The zero-order valence-electron chi connectivity index (χ0n) is 12.4. The molecule has 0 spiro atoms. The van der Waals surface area contributed by atoms with E-state index in [1.165, 1.54) is 5.56 Å². The fourth-order valence-electron chi connectivity index (χ4n) is 2.16. The quantitative estimate of drug-likeness (QED) is 0.800. The monoisotopic (exact) mass is 272 g/mol. The van der Waals surface area contributed by atoms with Crippen LogP contribution in [0.25, 0.3) is 0 Å². The van der Waals surface area contributed by atoms with Gasteiger partial charge in [-0.2, -0.15) is 0 Å².